The smallest absolute Gasteiger partial charge is 0.0492 e. The topological polar surface area (TPSA) is 21.1 Å². The Morgan fingerprint density at radius 3 is 2.73 bits per heavy atom. The summed E-state index contributed by atoms with van der Waals surface area (Å²) in [4.78, 5) is 2.49. The number of aryl methyl sites for hydroxylation is 1. The van der Waals surface area contributed by atoms with Crippen molar-refractivity contribution in [3.8, 4) is 0 Å². The van der Waals surface area contributed by atoms with E-state index in [0.717, 1.165) is 24.8 Å². The van der Waals surface area contributed by atoms with Gasteiger partial charge in [-0.15, -0.1) is 0 Å². The lowest BCUT2D eigenvalue weighted by Crippen LogP contribution is -2.29. The van der Waals surface area contributed by atoms with Crippen molar-refractivity contribution in [2.45, 2.75) is 19.8 Å². The molecule has 1 rings (SSSR count). The summed E-state index contributed by atoms with van der Waals surface area (Å²) < 4.78 is 1.96. The molecule has 0 atom stereocenters. The van der Waals surface area contributed by atoms with Gasteiger partial charge in [-0.2, -0.15) is 5.10 Å². The first kappa shape index (κ1) is 12.7. The van der Waals surface area contributed by atoms with Crippen molar-refractivity contribution in [1.29, 1.82) is 0 Å². The molecule has 0 radical (unpaired) electrons. The highest BCUT2D eigenvalue weighted by molar-refractivity contribution is 9.09. The van der Waals surface area contributed by atoms with E-state index < -0.39 is 0 Å². The maximum atomic E-state index is 4.18. The number of hydrogen-bond acceptors (Lipinski definition) is 2. The van der Waals surface area contributed by atoms with Crippen LogP contribution in [0.15, 0.2) is 12.3 Å². The largest absolute Gasteiger partial charge is 0.302 e. The highest BCUT2D eigenvalue weighted by Crippen LogP contribution is 2.01. The van der Waals surface area contributed by atoms with Gasteiger partial charge in [0.25, 0.3) is 0 Å². The van der Waals surface area contributed by atoms with Gasteiger partial charge in [-0.05, 0) is 19.0 Å². The SMILES string of the molecule is CCCN(CCBr)CCc1ccnn1C. The molecule has 1 aromatic heterocycles. The minimum Gasteiger partial charge on any atom is -0.302 e. The number of rotatable bonds is 7. The molecule has 86 valence electrons. The summed E-state index contributed by atoms with van der Waals surface area (Å²) in [6.07, 6.45) is 4.17. The van der Waals surface area contributed by atoms with Gasteiger partial charge >= 0.3 is 0 Å². The van der Waals surface area contributed by atoms with Gasteiger partial charge in [-0.25, -0.2) is 0 Å². The Balaban J connectivity index is 2.36. The van der Waals surface area contributed by atoms with Gasteiger partial charge in [0.15, 0.2) is 0 Å². The molecule has 0 amide bonds. The maximum absolute atomic E-state index is 4.18. The second-order valence-electron chi connectivity index (χ2n) is 3.73. The Hall–Kier alpha value is -0.350. The third kappa shape index (κ3) is 4.34. The van der Waals surface area contributed by atoms with E-state index in [1.807, 2.05) is 17.9 Å². The number of nitrogens with zero attached hydrogens (tertiary/aromatic N) is 3. The molecule has 1 heterocycles. The molecule has 0 fully saturated rings. The lowest BCUT2D eigenvalue weighted by Gasteiger charge is -2.20. The fourth-order valence-corrected chi connectivity index (χ4v) is 2.19. The molecule has 0 unspecified atom stereocenters. The second kappa shape index (κ2) is 7.01. The third-order valence-electron chi connectivity index (χ3n) is 2.55. The molecular weight excluding hydrogens is 254 g/mol. The van der Waals surface area contributed by atoms with Crippen molar-refractivity contribution >= 4 is 15.9 Å². The minimum absolute atomic E-state index is 1.05. The van der Waals surface area contributed by atoms with E-state index in [-0.39, 0.29) is 0 Å². The standard InChI is InChI=1S/C11H20BrN3/c1-3-8-15(10-6-12)9-5-11-4-7-13-14(11)2/h4,7H,3,5-6,8-10H2,1-2H3. The molecule has 0 aromatic carbocycles. The lowest BCUT2D eigenvalue weighted by atomic mass is 10.3. The van der Waals surface area contributed by atoms with Gasteiger partial charge in [0.2, 0.25) is 0 Å². The Kier molecular flexibility index (Phi) is 5.95. The van der Waals surface area contributed by atoms with Crippen molar-refractivity contribution in [2.24, 2.45) is 7.05 Å². The fraction of sp³-hybridized carbons (Fsp3) is 0.727. The summed E-state index contributed by atoms with van der Waals surface area (Å²) in [7, 11) is 2.00. The molecule has 1 aromatic rings. The van der Waals surface area contributed by atoms with Crippen LogP contribution in [0.5, 0.6) is 0 Å². The van der Waals surface area contributed by atoms with E-state index in [1.165, 1.54) is 18.7 Å². The molecular formula is C11H20BrN3. The average Bonchev–Trinajstić information content (AvgIpc) is 2.61. The Morgan fingerprint density at radius 2 is 2.20 bits per heavy atom. The zero-order valence-electron chi connectivity index (χ0n) is 9.62. The highest BCUT2D eigenvalue weighted by atomic mass is 79.9. The molecule has 0 aliphatic rings. The number of hydrogen-bond donors (Lipinski definition) is 0. The van der Waals surface area contributed by atoms with E-state index in [1.54, 1.807) is 0 Å². The van der Waals surface area contributed by atoms with Crippen LogP contribution in [0.4, 0.5) is 0 Å². The van der Waals surface area contributed by atoms with Crippen LogP contribution in [0.1, 0.15) is 19.0 Å². The first-order valence-corrected chi connectivity index (χ1v) is 6.65. The number of alkyl halides is 1. The Labute approximate surface area is 101 Å². The molecule has 0 aliphatic carbocycles. The van der Waals surface area contributed by atoms with E-state index in [0.29, 0.717) is 0 Å². The first-order chi connectivity index (χ1) is 7.27. The Morgan fingerprint density at radius 1 is 1.40 bits per heavy atom. The maximum Gasteiger partial charge on any atom is 0.0492 e. The first-order valence-electron chi connectivity index (χ1n) is 5.53. The van der Waals surface area contributed by atoms with Crippen LogP contribution in [0.25, 0.3) is 0 Å². The summed E-state index contributed by atoms with van der Waals surface area (Å²) in [6.45, 7) is 5.67. The molecule has 0 N–H and O–H groups in total. The van der Waals surface area contributed by atoms with Gasteiger partial charge in [0, 0.05) is 43.8 Å². The zero-order valence-corrected chi connectivity index (χ0v) is 11.2. The van der Waals surface area contributed by atoms with Gasteiger partial charge in [0.05, 0.1) is 0 Å². The third-order valence-corrected chi connectivity index (χ3v) is 2.90. The normalized spacial score (nSPS) is 11.2. The summed E-state index contributed by atoms with van der Waals surface area (Å²) in [5, 5.41) is 5.23. The summed E-state index contributed by atoms with van der Waals surface area (Å²) in [6, 6.07) is 2.10. The molecule has 0 bridgehead atoms. The van der Waals surface area contributed by atoms with E-state index in [2.05, 4.69) is 38.9 Å². The van der Waals surface area contributed by atoms with Crippen LogP contribution < -0.4 is 0 Å². The predicted molar refractivity (Wildman–Crippen MR) is 67.4 cm³/mol. The van der Waals surface area contributed by atoms with E-state index >= 15 is 0 Å². The van der Waals surface area contributed by atoms with Crippen LogP contribution in [-0.2, 0) is 13.5 Å². The predicted octanol–water partition coefficient (Wildman–Crippen LogP) is 2.07. The van der Waals surface area contributed by atoms with Crippen LogP contribution in [-0.4, -0.2) is 39.6 Å². The highest BCUT2D eigenvalue weighted by Gasteiger charge is 2.04. The van der Waals surface area contributed by atoms with Crippen molar-refractivity contribution < 1.29 is 0 Å². The van der Waals surface area contributed by atoms with Crippen LogP contribution in [0.3, 0.4) is 0 Å². The van der Waals surface area contributed by atoms with Gasteiger partial charge in [-0.1, -0.05) is 22.9 Å². The molecule has 15 heavy (non-hydrogen) atoms. The van der Waals surface area contributed by atoms with Crippen molar-refractivity contribution in [1.82, 2.24) is 14.7 Å². The van der Waals surface area contributed by atoms with Crippen LogP contribution >= 0.6 is 15.9 Å². The van der Waals surface area contributed by atoms with Crippen LogP contribution in [0.2, 0.25) is 0 Å². The van der Waals surface area contributed by atoms with Crippen LogP contribution in [0, 0.1) is 0 Å². The van der Waals surface area contributed by atoms with Gasteiger partial charge < -0.3 is 4.90 Å². The fourth-order valence-electron chi connectivity index (χ4n) is 1.69. The summed E-state index contributed by atoms with van der Waals surface area (Å²) >= 11 is 3.49. The quantitative estimate of drug-likeness (QED) is 0.710. The molecule has 0 saturated heterocycles. The number of halogens is 1. The van der Waals surface area contributed by atoms with Gasteiger partial charge in [0.1, 0.15) is 0 Å². The average molecular weight is 274 g/mol. The number of aromatic nitrogens is 2. The van der Waals surface area contributed by atoms with E-state index in [4.69, 9.17) is 0 Å². The zero-order chi connectivity index (χ0) is 11.1. The van der Waals surface area contributed by atoms with Crippen molar-refractivity contribution in [3.63, 3.8) is 0 Å². The lowest BCUT2D eigenvalue weighted by molar-refractivity contribution is 0.293. The minimum atomic E-state index is 1.05. The molecule has 4 heteroatoms. The van der Waals surface area contributed by atoms with Crippen molar-refractivity contribution in [2.75, 3.05) is 25.0 Å². The van der Waals surface area contributed by atoms with Gasteiger partial charge in [-0.3, -0.25) is 4.68 Å². The molecule has 0 spiro atoms. The molecule has 0 aliphatic heterocycles. The van der Waals surface area contributed by atoms with Crippen molar-refractivity contribution in [3.05, 3.63) is 18.0 Å². The summed E-state index contributed by atoms with van der Waals surface area (Å²) in [5.74, 6) is 0. The Bertz CT molecular complexity index is 267. The summed E-state index contributed by atoms with van der Waals surface area (Å²) in [5.41, 5.74) is 1.31. The van der Waals surface area contributed by atoms with E-state index in [9.17, 15) is 0 Å². The molecule has 3 nitrogen and oxygen atoms in total. The second-order valence-corrected chi connectivity index (χ2v) is 4.52. The monoisotopic (exact) mass is 273 g/mol. The molecule has 0 saturated carbocycles.